The fourth-order valence-corrected chi connectivity index (χ4v) is 3.89. The van der Waals surface area contributed by atoms with Crippen LogP contribution in [0.15, 0.2) is 42.7 Å². The monoisotopic (exact) mass is 396 g/mol. The molecule has 0 aliphatic carbocycles. The molecule has 3 heterocycles. The highest BCUT2D eigenvalue weighted by atomic mass is 16.5. The Morgan fingerprint density at radius 3 is 2.31 bits per heavy atom. The molecule has 0 atom stereocenters. The number of hydrogen-bond donors (Lipinski definition) is 0. The lowest BCUT2D eigenvalue weighted by molar-refractivity contribution is -0.132. The summed E-state index contributed by atoms with van der Waals surface area (Å²) in [5.74, 6) is 1.68. The van der Waals surface area contributed by atoms with E-state index in [0.717, 1.165) is 58.2 Å². The lowest BCUT2D eigenvalue weighted by atomic mass is 10.2. The van der Waals surface area contributed by atoms with Gasteiger partial charge in [0.15, 0.2) is 0 Å². The first-order valence-electron chi connectivity index (χ1n) is 10.1. The third-order valence-electron chi connectivity index (χ3n) is 5.65. The summed E-state index contributed by atoms with van der Waals surface area (Å²) in [6.45, 7) is 7.22. The second-order valence-electron chi connectivity index (χ2n) is 7.39. The Morgan fingerprint density at radius 1 is 0.931 bits per heavy atom. The molecular weight excluding hydrogens is 368 g/mol. The molecule has 1 aromatic carbocycles. The number of benzene rings is 1. The van der Waals surface area contributed by atoms with Crippen LogP contribution in [0.4, 0.5) is 11.5 Å². The predicted octanol–water partition coefficient (Wildman–Crippen LogP) is 0.956. The number of nitrogens with zero attached hydrogens (tertiary/aromatic N) is 6. The Balaban J connectivity index is 1.23. The van der Waals surface area contributed by atoms with Gasteiger partial charge in [-0.25, -0.2) is 9.97 Å². The first kappa shape index (κ1) is 19.4. The van der Waals surface area contributed by atoms with Gasteiger partial charge in [-0.15, -0.1) is 0 Å². The van der Waals surface area contributed by atoms with E-state index < -0.39 is 0 Å². The molecule has 0 saturated carbocycles. The minimum Gasteiger partial charge on any atom is -0.481 e. The van der Waals surface area contributed by atoms with E-state index in [-0.39, 0.29) is 5.91 Å². The maximum Gasteiger partial charge on any atom is 0.236 e. The van der Waals surface area contributed by atoms with Gasteiger partial charge in [0.25, 0.3) is 0 Å². The summed E-state index contributed by atoms with van der Waals surface area (Å²) in [6.07, 6.45) is 1.53. The Kier molecular flexibility index (Phi) is 6.09. The van der Waals surface area contributed by atoms with E-state index in [4.69, 9.17) is 4.74 Å². The smallest absolute Gasteiger partial charge is 0.236 e. The van der Waals surface area contributed by atoms with Gasteiger partial charge in [-0.2, -0.15) is 0 Å². The van der Waals surface area contributed by atoms with E-state index in [1.807, 2.05) is 17.0 Å². The number of anilines is 2. The summed E-state index contributed by atoms with van der Waals surface area (Å²) in [5.41, 5.74) is 1.23. The molecule has 2 aliphatic heterocycles. The summed E-state index contributed by atoms with van der Waals surface area (Å²) in [5, 5.41) is 0. The first-order valence-corrected chi connectivity index (χ1v) is 10.1. The zero-order valence-electron chi connectivity index (χ0n) is 16.9. The summed E-state index contributed by atoms with van der Waals surface area (Å²) < 4.78 is 5.18. The molecule has 0 unspecified atom stereocenters. The number of carbonyl (C=O) groups is 1. The summed E-state index contributed by atoms with van der Waals surface area (Å²) in [6, 6.07) is 12.3. The minimum absolute atomic E-state index is 0.231. The van der Waals surface area contributed by atoms with Crippen molar-refractivity contribution in [3.63, 3.8) is 0 Å². The number of piperazine rings is 2. The van der Waals surface area contributed by atoms with Crippen LogP contribution < -0.4 is 14.5 Å². The number of carbonyl (C=O) groups excluding carboxylic acids is 1. The van der Waals surface area contributed by atoms with Crippen LogP contribution in [0.5, 0.6) is 5.88 Å². The van der Waals surface area contributed by atoms with Crippen molar-refractivity contribution < 1.29 is 9.53 Å². The van der Waals surface area contributed by atoms with Crippen molar-refractivity contribution in [1.82, 2.24) is 19.8 Å². The van der Waals surface area contributed by atoms with Gasteiger partial charge >= 0.3 is 0 Å². The summed E-state index contributed by atoms with van der Waals surface area (Å²) in [7, 11) is 1.61. The van der Waals surface area contributed by atoms with E-state index in [1.54, 1.807) is 7.11 Å². The first-order chi connectivity index (χ1) is 14.2. The quantitative estimate of drug-likeness (QED) is 0.746. The van der Waals surface area contributed by atoms with Gasteiger partial charge in [-0.3, -0.25) is 9.69 Å². The number of aromatic nitrogens is 2. The molecule has 0 radical (unpaired) electrons. The molecule has 29 heavy (non-hydrogen) atoms. The number of methoxy groups -OCH3 is 1. The maximum atomic E-state index is 12.8. The number of ether oxygens (including phenoxy) is 1. The third-order valence-corrected chi connectivity index (χ3v) is 5.65. The molecule has 8 nitrogen and oxygen atoms in total. The van der Waals surface area contributed by atoms with Crippen molar-refractivity contribution in [2.75, 3.05) is 75.8 Å². The van der Waals surface area contributed by atoms with Crippen LogP contribution in [0.3, 0.4) is 0 Å². The van der Waals surface area contributed by atoms with Gasteiger partial charge in [-0.1, -0.05) is 18.2 Å². The second-order valence-corrected chi connectivity index (χ2v) is 7.39. The van der Waals surface area contributed by atoms with Gasteiger partial charge in [0.2, 0.25) is 11.8 Å². The molecule has 4 rings (SSSR count). The molecule has 1 amide bonds. The van der Waals surface area contributed by atoms with Crippen molar-refractivity contribution in [2.45, 2.75) is 0 Å². The molecule has 2 saturated heterocycles. The topological polar surface area (TPSA) is 65.0 Å². The zero-order chi connectivity index (χ0) is 20.1. The van der Waals surface area contributed by atoms with Crippen LogP contribution in [0.25, 0.3) is 0 Å². The van der Waals surface area contributed by atoms with E-state index in [1.165, 1.54) is 12.0 Å². The van der Waals surface area contributed by atoms with Gasteiger partial charge in [0.05, 0.1) is 13.7 Å². The molecular formula is C21H28N6O2. The standard InChI is InChI=1S/C21H28N6O2/c1-29-20-15-19(22-17-23-20)26-9-7-24(8-10-26)16-21(28)27-13-11-25(12-14-27)18-5-3-2-4-6-18/h2-6,15,17H,7-14,16H2,1H3. The molecule has 1 aromatic heterocycles. The number of para-hydroxylation sites is 1. The number of hydrogen-bond acceptors (Lipinski definition) is 7. The van der Waals surface area contributed by atoms with E-state index in [9.17, 15) is 4.79 Å². The van der Waals surface area contributed by atoms with E-state index in [2.05, 4.69) is 48.9 Å². The molecule has 8 heteroatoms. The Bertz CT molecular complexity index is 802. The highest BCUT2D eigenvalue weighted by Gasteiger charge is 2.25. The fraction of sp³-hybridized carbons (Fsp3) is 0.476. The van der Waals surface area contributed by atoms with Crippen LogP contribution in [-0.2, 0) is 4.79 Å². The molecule has 154 valence electrons. The highest BCUT2D eigenvalue weighted by Crippen LogP contribution is 2.18. The number of rotatable bonds is 5. The van der Waals surface area contributed by atoms with Crippen LogP contribution in [0.1, 0.15) is 0 Å². The molecule has 0 spiro atoms. The minimum atomic E-state index is 0.231. The maximum absolute atomic E-state index is 12.8. The Labute approximate surface area is 171 Å². The van der Waals surface area contributed by atoms with Crippen molar-refractivity contribution in [2.24, 2.45) is 0 Å². The van der Waals surface area contributed by atoms with Crippen LogP contribution in [-0.4, -0.2) is 91.7 Å². The van der Waals surface area contributed by atoms with E-state index >= 15 is 0 Å². The summed E-state index contributed by atoms with van der Waals surface area (Å²) in [4.78, 5) is 30.0. The largest absolute Gasteiger partial charge is 0.481 e. The third kappa shape index (κ3) is 4.76. The van der Waals surface area contributed by atoms with Crippen molar-refractivity contribution in [1.29, 1.82) is 0 Å². The van der Waals surface area contributed by atoms with Crippen molar-refractivity contribution in [3.8, 4) is 5.88 Å². The molecule has 2 fully saturated rings. The molecule has 0 N–H and O–H groups in total. The summed E-state index contributed by atoms with van der Waals surface area (Å²) >= 11 is 0. The van der Waals surface area contributed by atoms with Crippen LogP contribution in [0.2, 0.25) is 0 Å². The average Bonchev–Trinajstić information content (AvgIpc) is 2.80. The van der Waals surface area contributed by atoms with Crippen LogP contribution >= 0.6 is 0 Å². The SMILES string of the molecule is COc1cc(N2CCN(CC(=O)N3CCN(c4ccccc4)CC3)CC2)ncn1. The number of amides is 1. The van der Waals surface area contributed by atoms with Gasteiger partial charge < -0.3 is 19.4 Å². The lowest BCUT2D eigenvalue weighted by Gasteiger charge is -2.38. The van der Waals surface area contributed by atoms with Gasteiger partial charge in [-0.05, 0) is 12.1 Å². The van der Waals surface area contributed by atoms with E-state index in [0.29, 0.717) is 12.4 Å². The normalized spacial score (nSPS) is 18.0. The highest BCUT2D eigenvalue weighted by molar-refractivity contribution is 5.78. The van der Waals surface area contributed by atoms with Crippen molar-refractivity contribution >= 4 is 17.4 Å². The van der Waals surface area contributed by atoms with Gasteiger partial charge in [0.1, 0.15) is 12.1 Å². The predicted molar refractivity (Wildman–Crippen MR) is 112 cm³/mol. The molecule has 2 aliphatic rings. The molecule has 0 bridgehead atoms. The second kappa shape index (κ2) is 9.09. The average molecular weight is 396 g/mol. The zero-order valence-corrected chi connectivity index (χ0v) is 16.9. The van der Waals surface area contributed by atoms with Crippen LogP contribution in [0, 0.1) is 0 Å². The molecule has 2 aromatic rings. The Hall–Kier alpha value is -2.87. The fourth-order valence-electron chi connectivity index (χ4n) is 3.89. The Morgan fingerprint density at radius 2 is 1.62 bits per heavy atom. The lowest BCUT2D eigenvalue weighted by Crippen LogP contribution is -2.54. The van der Waals surface area contributed by atoms with Crippen molar-refractivity contribution in [3.05, 3.63) is 42.7 Å². The van der Waals surface area contributed by atoms with Gasteiger partial charge in [0, 0.05) is 64.1 Å².